The summed E-state index contributed by atoms with van der Waals surface area (Å²) in [5.74, 6) is 0.00546. The van der Waals surface area contributed by atoms with E-state index in [1.807, 2.05) is 105 Å². The van der Waals surface area contributed by atoms with Crippen LogP contribution in [0.2, 0.25) is 0 Å². The first-order valence-corrected chi connectivity index (χ1v) is 13.5. The van der Waals surface area contributed by atoms with Crippen molar-refractivity contribution in [2.75, 3.05) is 0 Å². The minimum Gasteiger partial charge on any atom is -0.228 e. The van der Waals surface area contributed by atoms with Gasteiger partial charge in [0.05, 0.1) is 17.0 Å². The van der Waals surface area contributed by atoms with Crippen molar-refractivity contribution in [2.45, 2.75) is 20.0 Å². The van der Waals surface area contributed by atoms with E-state index in [4.69, 9.17) is 0 Å². The Balaban J connectivity index is 1.88. The number of benzene rings is 3. The van der Waals surface area contributed by atoms with E-state index in [9.17, 15) is 13.2 Å². The Morgan fingerprint density at radius 2 is 1.12 bits per heavy atom. The number of alkyl halides is 3. The van der Waals surface area contributed by atoms with E-state index in [2.05, 4.69) is 23.1 Å². The highest BCUT2D eigenvalue weighted by Crippen LogP contribution is 2.37. The van der Waals surface area contributed by atoms with Crippen LogP contribution in [-0.2, 0) is 6.18 Å². The zero-order chi connectivity index (χ0) is 30.1. The van der Waals surface area contributed by atoms with Crippen molar-refractivity contribution in [1.82, 2.24) is 9.97 Å². The lowest BCUT2D eigenvalue weighted by molar-refractivity contribution is -0.137. The zero-order valence-corrected chi connectivity index (χ0v) is 23.6. The molecule has 0 aliphatic rings. The van der Waals surface area contributed by atoms with Crippen molar-refractivity contribution < 1.29 is 13.2 Å². The van der Waals surface area contributed by atoms with Gasteiger partial charge >= 0.3 is 6.18 Å². The summed E-state index contributed by atoms with van der Waals surface area (Å²) in [4.78, 5) is 9.26. The molecular weight excluding hydrogens is 529 g/mol. The van der Waals surface area contributed by atoms with E-state index >= 15 is 0 Å². The molecule has 0 aliphatic carbocycles. The second-order valence-corrected chi connectivity index (χ2v) is 9.38. The molecule has 4 rings (SSSR count). The summed E-state index contributed by atoms with van der Waals surface area (Å²) < 4.78 is 41.9. The van der Waals surface area contributed by atoms with Crippen LogP contribution in [-0.4, -0.2) is 9.97 Å². The molecule has 4 aromatic rings. The number of halogens is 3. The van der Waals surface area contributed by atoms with Crippen LogP contribution in [0.15, 0.2) is 141 Å². The third-order valence-corrected chi connectivity index (χ3v) is 6.51. The van der Waals surface area contributed by atoms with Gasteiger partial charge in [0, 0.05) is 16.7 Å². The maximum atomic E-state index is 14.0. The Bertz CT molecular complexity index is 1590. The molecule has 0 saturated carbocycles. The Hall–Kier alpha value is -5.03. The largest absolute Gasteiger partial charge is 0.417 e. The maximum Gasteiger partial charge on any atom is 0.417 e. The maximum absolute atomic E-state index is 14.0. The predicted octanol–water partition coefficient (Wildman–Crippen LogP) is 10.8. The summed E-state index contributed by atoms with van der Waals surface area (Å²) in [5.41, 5.74) is 5.63. The molecule has 3 aromatic carbocycles. The zero-order valence-electron chi connectivity index (χ0n) is 23.6. The number of hydrogen-bond donors (Lipinski definition) is 0. The van der Waals surface area contributed by atoms with Gasteiger partial charge in [-0.1, -0.05) is 128 Å². The van der Waals surface area contributed by atoms with Gasteiger partial charge in [-0.15, -0.1) is 0 Å². The predicted molar refractivity (Wildman–Crippen MR) is 169 cm³/mol. The molecule has 210 valence electrons. The van der Waals surface area contributed by atoms with Crippen LogP contribution in [0.3, 0.4) is 0 Å². The average Bonchev–Trinajstić information content (AvgIpc) is 3.00. The molecule has 0 unspecified atom stereocenters. The molecule has 0 amide bonds. The molecule has 0 atom stereocenters. The average molecular weight is 561 g/mol. The lowest BCUT2D eigenvalue weighted by Crippen LogP contribution is -2.08. The van der Waals surface area contributed by atoms with E-state index in [-0.39, 0.29) is 11.4 Å². The second-order valence-electron chi connectivity index (χ2n) is 9.38. The smallest absolute Gasteiger partial charge is 0.228 e. The van der Waals surface area contributed by atoms with Crippen molar-refractivity contribution in [3.05, 3.63) is 157 Å². The highest BCUT2D eigenvalue weighted by Gasteiger charge is 2.34. The van der Waals surface area contributed by atoms with Gasteiger partial charge in [-0.05, 0) is 48.3 Å². The van der Waals surface area contributed by atoms with Crippen molar-refractivity contribution in [3.8, 4) is 33.9 Å². The van der Waals surface area contributed by atoms with Crippen LogP contribution in [0.5, 0.6) is 0 Å². The molecule has 2 nitrogen and oxygen atoms in total. The first kappa shape index (κ1) is 29.9. The van der Waals surface area contributed by atoms with Crippen LogP contribution in [0.1, 0.15) is 30.5 Å². The standard InChI is InChI=1S/C37H31F3N2/c1-5-11-26(12-6-2)28-17-21-30(22-18-28)34-25-35(31-23-19-29(20-24-31)27(13-7-3)14-8-4)42-36(41-34)32-15-9-10-16-33(32)37(38,39)40/h5-25H,1,3H2,2,4H3/b12-6-,14-8-,26-11+,27-13+. The fraction of sp³-hybridized carbons (Fsp3) is 0.0811. The third kappa shape index (κ3) is 6.99. The van der Waals surface area contributed by atoms with Gasteiger partial charge in [0.2, 0.25) is 0 Å². The summed E-state index contributed by atoms with van der Waals surface area (Å²) >= 11 is 0. The van der Waals surface area contributed by atoms with Crippen molar-refractivity contribution in [1.29, 1.82) is 0 Å². The van der Waals surface area contributed by atoms with E-state index in [1.165, 1.54) is 12.1 Å². The molecule has 0 bridgehead atoms. The lowest BCUT2D eigenvalue weighted by atomic mass is 9.99. The molecule has 0 fully saturated rings. The Labute approximate surface area is 245 Å². The first-order valence-electron chi connectivity index (χ1n) is 13.5. The minimum absolute atomic E-state index is 0.00546. The number of rotatable bonds is 9. The summed E-state index contributed by atoms with van der Waals surface area (Å²) in [7, 11) is 0. The first-order chi connectivity index (χ1) is 20.3. The Morgan fingerprint density at radius 3 is 1.52 bits per heavy atom. The quantitative estimate of drug-likeness (QED) is 0.190. The Morgan fingerprint density at radius 1 is 0.667 bits per heavy atom. The van der Waals surface area contributed by atoms with Gasteiger partial charge < -0.3 is 0 Å². The minimum atomic E-state index is -4.55. The van der Waals surface area contributed by atoms with Gasteiger partial charge in [-0.25, -0.2) is 9.97 Å². The van der Waals surface area contributed by atoms with Crippen LogP contribution in [0.25, 0.3) is 45.0 Å². The monoisotopic (exact) mass is 560 g/mol. The normalized spacial score (nSPS) is 12.7. The molecule has 0 saturated heterocycles. The van der Waals surface area contributed by atoms with Crippen molar-refractivity contribution in [3.63, 3.8) is 0 Å². The van der Waals surface area contributed by atoms with Crippen molar-refractivity contribution in [2.24, 2.45) is 0 Å². The van der Waals surface area contributed by atoms with E-state index < -0.39 is 11.7 Å². The van der Waals surface area contributed by atoms with E-state index in [0.29, 0.717) is 11.4 Å². The molecule has 1 aromatic heterocycles. The van der Waals surface area contributed by atoms with Crippen LogP contribution < -0.4 is 0 Å². The third-order valence-electron chi connectivity index (χ3n) is 6.51. The van der Waals surface area contributed by atoms with Gasteiger partial charge in [0.1, 0.15) is 0 Å². The molecule has 42 heavy (non-hydrogen) atoms. The number of allylic oxidation sites excluding steroid dienone is 10. The second kappa shape index (κ2) is 13.6. The number of aromatic nitrogens is 2. The summed E-state index contributed by atoms with van der Waals surface area (Å²) in [6.45, 7) is 11.5. The van der Waals surface area contributed by atoms with Gasteiger partial charge in [-0.3, -0.25) is 0 Å². The van der Waals surface area contributed by atoms with Crippen LogP contribution >= 0.6 is 0 Å². The number of hydrogen-bond acceptors (Lipinski definition) is 2. The van der Waals surface area contributed by atoms with Gasteiger partial charge in [0.25, 0.3) is 0 Å². The Kier molecular flexibility index (Phi) is 9.66. The molecule has 0 N–H and O–H groups in total. The summed E-state index contributed by atoms with van der Waals surface area (Å²) in [6.07, 6.45) is 10.6. The fourth-order valence-corrected chi connectivity index (χ4v) is 4.56. The topological polar surface area (TPSA) is 25.8 Å². The van der Waals surface area contributed by atoms with Crippen molar-refractivity contribution >= 4 is 11.1 Å². The van der Waals surface area contributed by atoms with Crippen LogP contribution in [0, 0.1) is 0 Å². The van der Waals surface area contributed by atoms with E-state index in [1.54, 1.807) is 18.2 Å². The highest BCUT2D eigenvalue weighted by atomic mass is 19.4. The number of nitrogens with zero attached hydrogens (tertiary/aromatic N) is 2. The molecule has 0 aliphatic heterocycles. The molecule has 1 heterocycles. The van der Waals surface area contributed by atoms with Gasteiger partial charge in [-0.2, -0.15) is 13.2 Å². The van der Waals surface area contributed by atoms with Gasteiger partial charge in [0.15, 0.2) is 5.82 Å². The SMILES string of the molecule is C=C/C=C(\C=C/C)c1ccc(-c2cc(-c3ccc(C(/C=C\C)=C/C=C)cc3)nc(-c3ccccc3C(F)(F)F)n2)cc1. The van der Waals surface area contributed by atoms with E-state index in [0.717, 1.165) is 39.5 Å². The molecule has 5 heteroatoms. The molecular formula is C37H31F3N2. The molecule has 0 radical (unpaired) electrons. The fourth-order valence-electron chi connectivity index (χ4n) is 4.56. The summed E-state index contributed by atoms with van der Waals surface area (Å²) in [5, 5.41) is 0. The summed E-state index contributed by atoms with van der Waals surface area (Å²) in [6, 6.07) is 22.7. The van der Waals surface area contributed by atoms with Crippen LogP contribution in [0.4, 0.5) is 13.2 Å². The highest BCUT2D eigenvalue weighted by molar-refractivity contribution is 5.79. The lowest BCUT2D eigenvalue weighted by Gasteiger charge is -2.14. The molecule has 0 spiro atoms.